The highest BCUT2D eigenvalue weighted by atomic mass is 79.9. The number of benzene rings is 1. The summed E-state index contributed by atoms with van der Waals surface area (Å²) in [4.78, 5) is 12.1. The second-order valence-corrected chi connectivity index (χ2v) is 5.86. The number of carboxylic acid groups (broad SMARTS) is 1. The topological polar surface area (TPSA) is 40.5 Å². The van der Waals surface area contributed by atoms with Gasteiger partial charge in [-0.05, 0) is 38.5 Å². The van der Waals surface area contributed by atoms with E-state index < -0.39 is 17.7 Å². The van der Waals surface area contributed by atoms with Crippen molar-refractivity contribution < 1.29 is 23.1 Å². The summed E-state index contributed by atoms with van der Waals surface area (Å²) in [5.41, 5.74) is -0.646. The average molecular weight is 368 g/mol. The standard InChI is InChI=1S/C14H17BrF3NO2/c1-9(2)19(7-3-4-13(20)21)12-6-5-10(15)8-11(12)14(16,17)18/h5-6,8-9H,3-4,7H2,1-2H3,(H,20,21). The first-order valence-electron chi connectivity index (χ1n) is 6.48. The van der Waals surface area contributed by atoms with Gasteiger partial charge in [0.25, 0.3) is 0 Å². The highest BCUT2D eigenvalue weighted by molar-refractivity contribution is 9.10. The summed E-state index contributed by atoms with van der Waals surface area (Å²) in [7, 11) is 0. The van der Waals surface area contributed by atoms with Gasteiger partial charge in [0.15, 0.2) is 0 Å². The smallest absolute Gasteiger partial charge is 0.418 e. The van der Waals surface area contributed by atoms with Gasteiger partial charge in [-0.2, -0.15) is 13.2 Å². The normalized spacial score (nSPS) is 11.8. The minimum Gasteiger partial charge on any atom is -0.481 e. The summed E-state index contributed by atoms with van der Waals surface area (Å²) in [6, 6.07) is 3.84. The fraction of sp³-hybridized carbons (Fsp3) is 0.500. The molecule has 0 aromatic heterocycles. The van der Waals surface area contributed by atoms with Crippen LogP contribution in [-0.2, 0) is 11.0 Å². The maximum Gasteiger partial charge on any atom is 0.418 e. The van der Waals surface area contributed by atoms with Crippen molar-refractivity contribution in [3.05, 3.63) is 28.2 Å². The monoisotopic (exact) mass is 367 g/mol. The zero-order valence-electron chi connectivity index (χ0n) is 11.7. The van der Waals surface area contributed by atoms with Gasteiger partial charge in [0, 0.05) is 29.2 Å². The maximum atomic E-state index is 13.2. The molecule has 0 bridgehead atoms. The third kappa shape index (κ3) is 5.22. The SMILES string of the molecule is CC(C)N(CCCC(=O)O)c1ccc(Br)cc1C(F)(F)F. The molecule has 7 heteroatoms. The van der Waals surface area contributed by atoms with Gasteiger partial charge in [-0.15, -0.1) is 0 Å². The number of halogens is 4. The third-order valence-corrected chi connectivity index (χ3v) is 3.48. The van der Waals surface area contributed by atoms with Crippen molar-refractivity contribution in [2.75, 3.05) is 11.4 Å². The zero-order valence-corrected chi connectivity index (χ0v) is 13.3. The Bertz CT molecular complexity index is 503. The molecular formula is C14H17BrF3NO2. The molecule has 21 heavy (non-hydrogen) atoms. The van der Waals surface area contributed by atoms with Gasteiger partial charge in [0.2, 0.25) is 0 Å². The number of rotatable bonds is 6. The van der Waals surface area contributed by atoms with Crippen molar-refractivity contribution in [2.45, 2.75) is 38.9 Å². The minimum absolute atomic E-state index is 0.0684. The summed E-state index contributed by atoms with van der Waals surface area (Å²) < 4.78 is 39.8. The first-order chi connectivity index (χ1) is 9.62. The summed E-state index contributed by atoms with van der Waals surface area (Å²) in [5, 5.41) is 8.65. The molecular weight excluding hydrogens is 351 g/mol. The zero-order chi connectivity index (χ0) is 16.2. The molecule has 0 radical (unpaired) electrons. The number of carbonyl (C=O) groups is 1. The van der Waals surface area contributed by atoms with Gasteiger partial charge < -0.3 is 10.0 Å². The van der Waals surface area contributed by atoms with Crippen LogP contribution >= 0.6 is 15.9 Å². The largest absolute Gasteiger partial charge is 0.481 e. The Hall–Kier alpha value is -1.24. The Morgan fingerprint density at radius 3 is 2.48 bits per heavy atom. The van der Waals surface area contributed by atoms with E-state index in [1.54, 1.807) is 24.8 Å². The highest BCUT2D eigenvalue weighted by Gasteiger charge is 2.35. The van der Waals surface area contributed by atoms with Crippen molar-refractivity contribution in [1.82, 2.24) is 0 Å². The molecule has 0 atom stereocenters. The van der Waals surface area contributed by atoms with Crippen LogP contribution in [0.3, 0.4) is 0 Å². The van der Waals surface area contributed by atoms with Crippen LogP contribution in [0.5, 0.6) is 0 Å². The minimum atomic E-state index is -4.46. The summed E-state index contributed by atoms with van der Waals surface area (Å²) in [6.07, 6.45) is -4.24. The van der Waals surface area contributed by atoms with E-state index in [-0.39, 0.29) is 24.7 Å². The van der Waals surface area contributed by atoms with Crippen LogP contribution in [0, 0.1) is 0 Å². The quantitative estimate of drug-likeness (QED) is 0.801. The predicted octanol–water partition coefficient (Wildman–Crippen LogP) is 4.55. The van der Waals surface area contributed by atoms with E-state index in [4.69, 9.17) is 5.11 Å². The van der Waals surface area contributed by atoms with Gasteiger partial charge in [0.05, 0.1) is 5.56 Å². The number of hydrogen-bond donors (Lipinski definition) is 1. The Morgan fingerprint density at radius 2 is 2.00 bits per heavy atom. The first-order valence-corrected chi connectivity index (χ1v) is 7.27. The second kappa shape index (κ2) is 7.15. The molecule has 0 saturated carbocycles. The van der Waals surface area contributed by atoms with E-state index in [0.717, 1.165) is 6.07 Å². The molecule has 0 aliphatic rings. The van der Waals surface area contributed by atoms with Crippen LogP contribution < -0.4 is 4.90 Å². The lowest BCUT2D eigenvalue weighted by Crippen LogP contribution is -2.33. The van der Waals surface area contributed by atoms with Gasteiger partial charge in [-0.25, -0.2) is 0 Å². The number of carboxylic acids is 1. The second-order valence-electron chi connectivity index (χ2n) is 4.94. The molecule has 0 unspecified atom stereocenters. The summed E-state index contributed by atoms with van der Waals surface area (Å²) in [6.45, 7) is 3.82. The molecule has 0 saturated heterocycles. The Morgan fingerprint density at radius 1 is 1.38 bits per heavy atom. The van der Waals surface area contributed by atoms with Crippen LogP contribution in [0.1, 0.15) is 32.3 Å². The van der Waals surface area contributed by atoms with Gasteiger partial charge in [-0.3, -0.25) is 4.79 Å². The molecule has 0 spiro atoms. The lowest BCUT2D eigenvalue weighted by atomic mass is 10.1. The van der Waals surface area contributed by atoms with Crippen molar-refractivity contribution in [3.8, 4) is 0 Å². The number of anilines is 1. The van der Waals surface area contributed by atoms with Crippen LogP contribution in [0.2, 0.25) is 0 Å². The fourth-order valence-corrected chi connectivity index (χ4v) is 2.40. The third-order valence-electron chi connectivity index (χ3n) is 2.99. The van der Waals surface area contributed by atoms with Crippen molar-refractivity contribution in [3.63, 3.8) is 0 Å². The molecule has 1 aromatic carbocycles. The fourth-order valence-electron chi connectivity index (χ4n) is 2.04. The molecule has 3 nitrogen and oxygen atoms in total. The van der Waals surface area contributed by atoms with E-state index in [2.05, 4.69) is 15.9 Å². The van der Waals surface area contributed by atoms with E-state index in [0.29, 0.717) is 10.9 Å². The first kappa shape index (κ1) is 17.8. The van der Waals surface area contributed by atoms with Crippen molar-refractivity contribution in [2.24, 2.45) is 0 Å². The van der Waals surface area contributed by atoms with E-state index in [1.807, 2.05) is 0 Å². The molecule has 118 valence electrons. The predicted molar refractivity (Wildman–Crippen MR) is 78.5 cm³/mol. The molecule has 0 fully saturated rings. The Kier molecular flexibility index (Phi) is 6.07. The summed E-state index contributed by atoms with van der Waals surface area (Å²) >= 11 is 3.05. The molecule has 0 aliphatic heterocycles. The van der Waals surface area contributed by atoms with Gasteiger partial charge >= 0.3 is 12.1 Å². The molecule has 0 aliphatic carbocycles. The molecule has 1 aromatic rings. The Labute approximate surface area is 129 Å². The summed E-state index contributed by atoms with van der Waals surface area (Å²) in [5.74, 6) is -0.953. The number of nitrogens with zero attached hydrogens (tertiary/aromatic N) is 1. The van der Waals surface area contributed by atoms with Gasteiger partial charge in [-0.1, -0.05) is 15.9 Å². The highest BCUT2D eigenvalue weighted by Crippen LogP contribution is 2.39. The van der Waals surface area contributed by atoms with E-state index >= 15 is 0 Å². The Balaban J connectivity index is 3.10. The van der Waals surface area contributed by atoms with Crippen molar-refractivity contribution >= 4 is 27.6 Å². The van der Waals surface area contributed by atoms with Crippen LogP contribution in [0.15, 0.2) is 22.7 Å². The lowest BCUT2D eigenvalue weighted by Gasteiger charge is -2.31. The van der Waals surface area contributed by atoms with Crippen molar-refractivity contribution in [1.29, 1.82) is 0 Å². The number of alkyl halides is 3. The van der Waals surface area contributed by atoms with Crippen LogP contribution in [0.4, 0.5) is 18.9 Å². The molecule has 0 heterocycles. The van der Waals surface area contributed by atoms with Crippen LogP contribution in [0.25, 0.3) is 0 Å². The average Bonchev–Trinajstić information content (AvgIpc) is 2.33. The molecule has 1 rings (SSSR count). The number of aliphatic carboxylic acids is 1. The number of hydrogen-bond acceptors (Lipinski definition) is 2. The van der Waals surface area contributed by atoms with E-state index in [1.165, 1.54) is 6.07 Å². The van der Waals surface area contributed by atoms with E-state index in [9.17, 15) is 18.0 Å². The molecule has 1 N–H and O–H groups in total. The molecule has 0 amide bonds. The lowest BCUT2D eigenvalue weighted by molar-refractivity contribution is -0.138. The maximum absolute atomic E-state index is 13.2. The van der Waals surface area contributed by atoms with Gasteiger partial charge in [0.1, 0.15) is 0 Å². The van der Waals surface area contributed by atoms with Crippen LogP contribution in [-0.4, -0.2) is 23.7 Å².